The first-order valence-corrected chi connectivity index (χ1v) is 55.5. The van der Waals surface area contributed by atoms with Crippen LogP contribution in [0.15, 0.2) is 311 Å². The Balaban J connectivity index is 0.547. The van der Waals surface area contributed by atoms with Crippen molar-refractivity contribution in [3.63, 3.8) is 0 Å². The van der Waals surface area contributed by atoms with Gasteiger partial charge in [-0.1, -0.05) is 424 Å². The van der Waals surface area contributed by atoms with Crippen LogP contribution in [-0.4, -0.2) is 0 Å². The number of unbranched alkanes of at least 4 members (excludes halogenated alkanes) is 20. The Labute approximate surface area is 852 Å². The zero-order valence-electron chi connectivity index (χ0n) is 86.5. The van der Waals surface area contributed by atoms with Gasteiger partial charge < -0.3 is 18.2 Å². The second-order valence-corrected chi connectivity index (χ2v) is 45.5. The molecular weight excluding hydrogens is 1740 g/mol. The van der Waals surface area contributed by atoms with E-state index >= 15 is 0 Å². The van der Waals surface area contributed by atoms with E-state index in [2.05, 4.69) is 371 Å². The van der Waals surface area contributed by atoms with Crippen LogP contribution in [0.5, 0.6) is 0 Å². The van der Waals surface area contributed by atoms with Gasteiger partial charge in [-0.25, -0.2) is 0 Å². The summed E-state index contributed by atoms with van der Waals surface area (Å²) in [6.45, 7) is 24.1. The zero-order valence-corrected chi connectivity index (χ0v) is 86.5. The second-order valence-electron chi connectivity index (χ2n) is 45.5. The highest BCUT2D eigenvalue weighted by molar-refractivity contribution is 6.21. The number of rotatable bonds is 35. The Morgan fingerprint density at radius 3 is 1.03 bits per heavy atom. The molecule has 16 aromatic carbocycles. The molecule has 25 rings (SSSR count). The molecule has 6 aliphatic rings. The number of anilines is 3. The molecule has 0 unspecified atom stereocenters. The minimum atomic E-state index is -0.451. The molecule has 0 fully saturated rings. The summed E-state index contributed by atoms with van der Waals surface area (Å²) in [5.74, 6) is 0. The van der Waals surface area contributed by atoms with Crippen LogP contribution in [0.3, 0.4) is 0 Å². The summed E-state index contributed by atoms with van der Waals surface area (Å²) < 4.78 is 21.8. The van der Waals surface area contributed by atoms with E-state index in [1.165, 1.54) is 335 Å². The normalized spacial score (nSPS) is 14.9. The molecule has 720 valence electrons. The maximum Gasteiger partial charge on any atom is 0.159 e. The first-order valence-electron chi connectivity index (χ1n) is 55.5. The Morgan fingerprint density at radius 1 is 0.222 bits per heavy atom. The van der Waals surface area contributed by atoms with Gasteiger partial charge >= 0.3 is 0 Å². The van der Waals surface area contributed by atoms with E-state index in [4.69, 9.17) is 13.3 Å². The predicted octanol–water partition coefficient (Wildman–Crippen LogP) is 41.5. The van der Waals surface area contributed by atoms with E-state index in [0.717, 1.165) is 89.7 Å². The highest BCUT2D eigenvalue weighted by Gasteiger charge is 2.47. The van der Waals surface area contributed by atoms with E-state index < -0.39 is 5.41 Å². The molecule has 0 amide bonds. The van der Waals surface area contributed by atoms with E-state index in [-0.39, 0.29) is 21.7 Å². The molecule has 0 atom stereocenters. The van der Waals surface area contributed by atoms with Gasteiger partial charge in [0.25, 0.3) is 0 Å². The van der Waals surface area contributed by atoms with Crippen LogP contribution in [0.4, 0.5) is 17.1 Å². The lowest BCUT2D eigenvalue weighted by molar-refractivity contribution is 0.398. The number of furan rings is 3. The SMILES string of the molecule is CCCCCCCCC1(CCCCCCCC)c2ccccc2-c2ccc(-c3ccc4c(c3)C(C)(C)c3cc(-c5cc6c(c7c5oc5ccccc57)-c5ccc(N(c7ccc8c(c7)C(C)(C)c7cc(-c9ccc%10c(c9)C(C)(C)c9cc(-c%11ccc%12c(c%11)C(CCCCCCCC)(CCCCCCCC)c%11ccccc%11-%12)ccc9-%10)c9oc%10ccccc%10c9c7-8)c7cccc8c7oc7ccccc78)cc5C6)ccc3-4)cc21. The number of nitrogens with zero attached hydrogens (tertiary/aromatic N) is 1. The predicted molar refractivity (Wildman–Crippen MR) is 610 cm³/mol. The molecule has 3 heterocycles. The molecule has 4 nitrogen and oxygen atoms in total. The summed E-state index contributed by atoms with van der Waals surface area (Å²) in [7, 11) is 0. The first kappa shape index (κ1) is 91.9. The van der Waals surface area contributed by atoms with Gasteiger partial charge in [0.1, 0.15) is 27.9 Å². The molecule has 0 spiro atoms. The number of hydrogen-bond acceptors (Lipinski definition) is 4. The van der Waals surface area contributed by atoms with E-state index in [0.29, 0.717) is 0 Å². The fraction of sp³-hybridized carbons (Fsp3) is 0.314. The molecule has 0 bridgehead atoms. The summed E-state index contributed by atoms with van der Waals surface area (Å²) in [4.78, 5) is 2.49. The van der Waals surface area contributed by atoms with Crippen LogP contribution in [0.1, 0.15) is 316 Å². The van der Waals surface area contributed by atoms with E-state index in [1.807, 2.05) is 0 Å². The Hall–Kier alpha value is -13.3. The Kier molecular flexibility index (Phi) is 23.5. The second kappa shape index (κ2) is 36.8. The van der Waals surface area contributed by atoms with Crippen LogP contribution in [-0.2, 0) is 33.5 Å². The average Bonchev–Trinajstić information content (AvgIpc) is 1.52. The van der Waals surface area contributed by atoms with Gasteiger partial charge in [0.2, 0.25) is 0 Å². The Morgan fingerprint density at radius 2 is 0.556 bits per heavy atom. The minimum Gasteiger partial charge on any atom is -0.455 e. The van der Waals surface area contributed by atoms with Crippen molar-refractivity contribution in [3.8, 4) is 111 Å². The number of fused-ring (bicyclic) bond motifs is 29. The lowest BCUT2D eigenvalue weighted by Gasteiger charge is -2.33. The lowest BCUT2D eigenvalue weighted by Crippen LogP contribution is -2.25. The number of para-hydroxylation sites is 4. The van der Waals surface area contributed by atoms with Crippen LogP contribution < -0.4 is 4.90 Å². The zero-order chi connectivity index (χ0) is 97.5. The summed E-state index contributed by atoms with van der Waals surface area (Å²) in [6.07, 6.45) is 37.1. The fourth-order valence-electron chi connectivity index (χ4n) is 28.3. The molecule has 0 saturated carbocycles. The molecule has 0 saturated heterocycles. The van der Waals surface area contributed by atoms with Crippen molar-refractivity contribution < 1.29 is 13.3 Å². The maximum atomic E-state index is 7.34. The van der Waals surface area contributed by atoms with Crippen LogP contribution >= 0.6 is 0 Å². The highest BCUT2D eigenvalue weighted by atomic mass is 16.3. The smallest absolute Gasteiger partial charge is 0.159 e. The standard InChI is InChI=1S/C140H137NO3/c1-11-15-19-23-27-41-74-139(75-42-28-24-20-16-12-2)115-52-36-31-46-100(115)106-68-60-91(83-122(106)139)89-58-66-102-104-70-62-93(85-119(104)136(5,6)117(102)81-89)113-80-96-78-95-79-97(64-72-99(95)129(96)131-111-49-34-39-56-127(111)143-134(113)131)141(125-54-45-51-109-108-48-33-38-55-126(108)142-133(109)125)98-65-73-110-121(87-98)138(9,10)124-88-114(135-132(130(110)124)112-50-35-40-57-128(112)144-135)94-63-71-105-103-67-59-90(82-118(103)137(7,8)120(105)86-94)92-61-69-107-101-47-32-37-53-116(101)140(123(107)84-92,76-43-29-25-21-17-13-3)77-44-30-26-22-18-14-4/h31-40,45-73,79-88H,11-30,41-44,74-78H2,1-10H3. The largest absolute Gasteiger partial charge is 0.455 e. The first-order chi connectivity index (χ1) is 70.5. The summed E-state index contributed by atoms with van der Waals surface area (Å²) in [6, 6.07) is 116. The molecule has 0 radical (unpaired) electrons. The van der Waals surface area contributed by atoms with Gasteiger partial charge in [0.05, 0.1) is 5.69 Å². The third-order valence-electron chi connectivity index (χ3n) is 35.9. The highest BCUT2D eigenvalue weighted by Crippen LogP contribution is 2.63. The average molecular weight is 1880 g/mol. The minimum absolute atomic E-state index is 0.0124. The van der Waals surface area contributed by atoms with Crippen molar-refractivity contribution in [2.75, 3.05) is 4.90 Å². The topological polar surface area (TPSA) is 42.7 Å². The fourth-order valence-corrected chi connectivity index (χ4v) is 28.3. The van der Waals surface area contributed by atoms with Gasteiger partial charge in [-0.05, 0) is 296 Å². The monoisotopic (exact) mass is 1880 g/mol. The maximum absolute atomic E-state index is 7.34. The van der Waals surface area contributed by atoms with Crippen LogP contribution in [0.25, 0.3) is 177 Å². The molecular formula is C140H137NO3. The van der Waals surface area contributed by atoms with Gasteiger partial charge in [0, 0.05) is 81.9 Å². The summed E-state index contributed by atoms with van der Waals surface area (Å²) in [5.41, 5.74) is 50.4. The molecule has 6 aliphatic carbocycles. The third-order valence-corrected chi connectivity index (χ3v) is 35.9. The summed E-state index contributed by atoms with van der Waals surface area (Å²) >= 11 is 0. The molecule has 144 heavy (non-hydrogen) atoms. The molecule has 0 N–H and O–H groups in total. The number of hydrogen-bond donors (Lipinski definition) is 0. The van der Waals surface area contributed by atoms with Crippen LogP contribution in [0.2, 0.25) is 0 Å². The molecule has 19 aromatic rings. The van der Waals surface area contributed by atoms with Gasteiger partial charge in [-0.3, -0.25) is 0 Å². The molecule has 4 heteroatoms. The quantitative estimate of drug-likeness (QED) is 0.0371. The van der Waals surface area contributed by atoms with E-state index in [1.54, 1.807) is 22.3 Å². The molecule has 0 aliphatic heterocycles. The van der Waals surface area contributed by atoms with Crippen molar-refractivity contribution in [1.29, 1.82) is 0 Å². The van der Waals surface area contributed by atoms with Crippen molar-refractivity contribution in [2.24, 2.45) is 0 Å². The van der Waals surface area contributed by atoms with Gasteiger partial charge in [-0.15, -0.1) is 0 Å². The molecule has 3 aromatic heterocycles. The van der Waals surface area contributed by atoms with Crippen molar-refractivity contribution in [3.05, 3.63) is 364 Å². The van der Waals surface area contributed by atoms with Crippen LogP contribution in [0, 0.1) is 0 Å². The van der Waals surface area contributed by atoms with Crippen molar-refractivity contribution >= 4 is 82.9 Å². The lowest BCUT2D eigenvalue weighted by atomic mass is 9.70. The Bertz CT molecular complexity index is 8270. The van der Waals surface area contributed by atoms with Gasteiger partial charge in [0.15, 0.2) is 5.58 Å². The van der Waals surface area contributed by atoms with Crippen molar-refractivity contribution in [2.45, 2.75) is 283 Å². The van der Waals surface area contributed by atoms with Crippen molar-refractivity contribution in [1.82, 2.24) is 0 Å². The number of benzene rings is 16. The van der Waals surface area contributed by atoms with Gasteiger partial charge in [-0.2, -0.15) is 0 Å². The van der Waals surface area contributed by atoms with E-state index in [9.17, 15) is 0 Å². The summed E-state index contributed by atoms with van der Waals surface area (Å²) in [5, 5.41) is 6.82. The third kappa shape index (κ3) is 14.9.